The third-order valence-corrected chi connectivity index (χ3v) is 4.27. The zero-order valence-electron chi connectivity index (χ0n) is 12.8. The molecule has 1 aliphatic rings. The molecule has 5 nitrogen and oxygen atoms in total. The Morgan fingerprint density at radius 2 is 2.32 bits per heavy atom. The molecular weight excluding hydrogens is 282 g/mol. The number of aromatic nitrogens is 1. The van der Waals surface area contributed by atoms with Crippen LogP contribution in [0.5, 0.6) is 0 Å². The Bertz CT molecular complexity index is 631. The summed E-state index contributed by atoms with van der Waals surface area (Å²) in [5.74, 6) is 0. The van der Waals surface area contributed by atoms with E-state index in [0.717, 1.165) is 53.5 Å². The highest BCUT2D eigenvalue weighted by Gasteiger charge is 2.20. The van der Waals surface area contributed by atoms with Gasteiger partial charge in [0.25, 0.3) is 0 Å². The number of aryl methyl sites for hydroxylation is 1. The Labute approximate surface area is 129 Å². The van der Waals surface area contributed by atoms with Crippen LogP contribution < -0.4 is 0 Å². The Hall–Kier alpha value is -1.40. The van der Waals surface area contributed by atoms with E-state index in [1.807, 2.05) is 25.3 Å². The highest BCUT2D eigenvalue weighted by atomic mass is 16.7. The standard InChI is InChI=1S/C17H23NO4/c1-11-8-13(15(20)9-19)14(12-5-6-18-17(11)12)10-22-16-4-2-3-7-21-16/h5-6,8,15-16,18-20H,2-4,7,9-10H2,1H3. The molecule has 5 heteroatoms. The minimum atomic E-state index is -0.899. The van der Waals surface area contributed by atoms with Crippen molar-refractivity contribution in [1.29, 1.82) is 0 Å². The summed E-state index contributed by atoms with van der Waals surface area (Å²) in [6, 6.07) is 3.90. The van der Waals surface area contributed by atoms with Crippen LogP contribution in [0.3, 0.4) is 0 Å². The molecule has 3 N–H and O–H groups in total. The maximum Gasteiger partial charge on any atom is 0.158 e. The van der Waals surface area contributed by atoms with Gasteiger partial charge in [-0.25, -0.2) is 0 Å². The maximum absolute atomic E-state index is 10.1. The molecule has 1 aliphatic heterocycles. The van der Waals surface area contributed by atoms with Gasteiger partial charge in [0, 0.05) is 23.7 Å². The first kappa shape index (κ1) is 15.5. The Balaban J connectivity index is 1.90. The summed E-state index contributed by atoms with van der Waals surface area (Å²) in [6.07, 6.45) is 3.91. The number of benzene rings is 1. The van der Waals surface area contributed by atoms with E-state index < -0.39 is 6.10 Å². The second-order valence-corrected chi connectivity index (χ2v) is 5.83. The van der Waals surface area contributed by atoms with E-state index in [1.165, 1.54) is 0 Å². The summed E-state index contributed by atoms with van der Waals surface area (Å²) in [7, 11) is 0. The van der Waals surface area contributed by atoms with Crippen molar-refractivity contribution < 1.29 is 19.7 Å². The van der Waals surface area contributed by atoms with Gasteiger partial charge >= 0.3 is 0 Å². The SMILES string of the molecule is Cc1cc(C(O)CO)c(COC2CCCCO2)c2cc[nH]c12. The highest BCUT2D eigenvalue weighted by molar-refractivity contribution is 5.87. The summed E-state index contributed by atoms with van der Waals surface area (Å²) in [6.45, 7) is 2.79. The summed E-state index contributed by atoms with van der Waals surface area (Å²) >= 11 is 0. The number of hydrogen-bond acceptors (Lipinski definition) is 4. The molecule has 2 atom stereocenters. The highest BCUT2D eigenvalue weighted by Crippen LogP contribution is 2.30. The van der Waals surface area contributed by atoms with Crippen LogP contribution in [0.15, 0.2) is 18.3 Å². The lowest BCUT2D eigenvalue weighted by molar-refractivity contribution is -0.168. The Morgan fingerprint density at radius 3 is 3.05 bits per heavy atom. The van der Waals surface area contributed by atoms with Crippen LogP contribution in [0.1, 0.15) is 42.1 Å². The first-order chi connectivity index (χ1) is 10.7. The number of aromatic amines is 1. The molecule has 3 rings (SSSR count). The monoisotopic (exact) mass is 305 g/mol. The van der Waals surface area contributed by atoms with Crippen molar-refractivity contribution >= 4 is 10.9 Å². The second-order valence-electron chi connectivity index (χ2n) is 5.83. The number of H-pyrrole nitrogens is 1. The predicted molar refractivity (Wildman–Crippen MR) is 83.5 cm³/mol. The van der Waals surface area contributed by atoms with Crippen molar-refractivity contribution in [2.45, 2.75) is 45.2 Å². The normalized spacial score (nSPS) is 20.4. The van der Waals surface area contributed by atoms with Crippen LogP contribution in [0.25, 0.3) is 10.9 Å². The van der Waals surface area contributed by atoms with Crippen LogP contribution in [-0.4, -0.2) is 34.7 Å². The predicted octanol–water partition coefficient (Wildman–Crippen LogP) is 2.55. The van der Waals surface area contributed by atoms with E-state index in [9.17, 15) is 10.2 Å². The van der Waals surface area contributed by atoms with Crippen molar-refractivity contribution in [3.63, 3.8) is 0 Å². The van der Waals surface area contributed by atoms with Crippen molar-refractivity contribution in [1.82, 2.24) is 4.98 Å². The molecule has 0 bridgehead atoms. The zero-order chi connectivity index (χ0) is 15.5. The average Bonchev–Trinajstić information content (AvgIpc) is 3.04. The van der Waals surface area contributed by atoms with Crippen LogP contribution in [0.2, 0.25) is 0 Å². The maximum atomic E-state index is 10.1. The molecule has 22 heavy (non-hydrogen) atoms. The van der Waals surface area contributed by atoms with Crippen LogP contribution in [0.4, 0.5) is 0 Å². The molecule has 0 amide bonds. The molecule has 120 valence electrons. The average molecular weight is 305 g/mol. The summed E-state index contributed by atoms with van der Waals surface area (Å²) in [4.78, 5) is 3.22. The minimum absolute atomic E-state index is 0.178. The lowest BCUT2D eigenvalue weighted by Crippen LogP contribution is -2.22. The van der Waals surface area contributed by atoms with Gasteiger partial charge in [0.15, 0.2) is 6.29 Å². The van der Waals surface area contributed by atoms with Gasteiger partial charge in [-0.2, -0.15) is 0 Å². The van der Waals surface area contributed by atoms with Gasteiger partial charge < -0.3 is 24.7 Å². The lowest BCUT2D eigenvalue weighted by Gasteiger charge is -2.24. The van der Waals surface area contributed by atoms with Gasteiger partial charge in [0.05, 0.1) is 13.2 Å². The van der Waals surface area contributed by atoms with Gasteiger partial charge in [0.1, 0.15) is 6.10 Å². The molecule has 0 aliphatic carbocycles. The molecule has 0 saturated carbocycles. The van der Waals surface area contributed by atoms with E-state index in [4.69, 9.17) is 9.47 Å². The molecular formula is C17H23NO4. The van der Waals surface area contributed by atoms with Gasteiger partial charge in [-0.05, 0) is 48.9 Å². The Kier molecular flexibility index (Phi) is 4.78. The molecule has 1 fully saturated rings. The fraction of sp³-hybridized carbons (Fsp3) is 0.529. The fourth-order valence-electron chi connectivity index (χ4n) is 3.07. The zero-order valence-corrected chi connectivity index (χ0v) is 12.8. The van der Waals surface area contributed by atoms with E-state index >= 15 is 0 Å². The number of nitrogens with one attached hydrogen (secondary N) is 1. The van der Waals surface area contributed by atoms with Crippen molar-refractivity contribution in [2.24, 2.45) is 0 Å². The second kappa shape index (κ2) is 6.79. The third kappa shape index (κ3) is 3.03. The van der Waals surface area contributed by atoms with Gasteiger partial charge in [-0.15, -0.1) is 0 Å². The van der Waals surface area contributed by atoms with Gasteiger partial charge in [-0.1, -0.05) is 6.07 Å². The third-order valence-electron chi connectivity index (χ3n) is 4.27. The number of hydrogen-bond donors (Lipinski definition) is 3. The summed E-state index contributed by atoms with van der Waals surface area (Å²) < 4.78 is 11.5. The molecule has 2 heterocycles. The largest absolute Gasteiger partial charge is 0.393 e. The smallest absolute Gasteiger partial charge is 0.158 e. The lowest BCUT2D eigenvalue weighted by atomic mass is 9.96. The number of ether oxygens (including phenoxy) is 2. The van der Waals surface area contributed by atoms with E-state index in [0.29, 0.717) is 6.61 Å². The molecule has 2 aromatic rings. The number of fused-ring (bicyclic) bond motifs is 1. The van der Waals surface area contributed by atoms with Gasteiger partial charge in [0.2, 0.25) is 0 Å². The van der Waals surface area contributed by atoms with Crippen molar-refractivity contribution in [3.8, 4) is 0 Å². The van der Waals surface area contributed by atoms with E-state index in [-0.39, 0.29) is 12.9 Å². The van der Waals surface area contributed by atoms with E-state index in [2.05, 4.69) is 4.98 Å². The molecule has 2 unspecified atom stereocenters. The van der Waals surface area contributed by atoms with Crippen LogP contribution in [-0.2, 0) is 16.1 Å². The summed E-state index contributed by atoms with van der Waals surface area (Å²) in [5.41, 5.74) is 3.72. The quantitative estimate of drug-likeness (QED) is 0.793. The van der Waals surface area contributed by atoms with Crippen molar-refractivity contribution in [2.75, 3.05) is 13.2 Å². The molecule has 1 saturated heterocycles. The molecule has 0 spiro atoms. The van der Waals surface area contributed by atoms with Crippen LogP contribution >= 0.6 is 0 Å². The molecule has 1 aromatic carbocycles. The van der Waals surface area contributed by atoms with Crippen molar-refractivity contribution in [3.05, 3.63) is 35.0 Å². The minimum Gasteiger partial charge on any atom is -0.393 e. The Morgan fingerprint density at radius 1 is 1.45 bits per heavy atom. The fourth-order valence-corrected chi connectivity index (χ4v) is 3.07. The first-order valence-corrected chi connectivity index (χ1v) is 7.82. The molecule has 1 aromatic heterocycles. The summed E-state index contributed by atoms with van der Waals surface area (Å²) in [5, 5.41) is 20.5. The number of aliphatic hydroxyl groups is 2. The van der Waals surface area contributed by atoms with Gasteiger partial charge in [-0.3, -0.25) is 0 Å². The van der Waals surface area contributed by atoms with E-state index in [1.54, 1.807) is 0 Å². The number of rotatable bonds is 5. The topological polar surface area (TPSA) is 74.7 Å². The first-order valence-electron chi connectivity index (χ1n) is 7.82. The molecule has 0 radical (unpaired) electrons. The van der Waals surface area contributed by atoms with Crippen LogP contribution in [0, 0.1) is 6.92 Å². The number of aliphatic hydroxyl groups excluding tert-OH is 2.